The van der Waals surface area contributed by atoms with Crippen molar-refractivity contribution in [1.82, 2.24) is 14.9 Å². The maximum Gasteiger partial charge on any atom is 0.263 e. The van der Waals surface area contributed by atoms with Gasteiger partial charge in [0, 0.05) is 24.6 Å². The fraction of sp³-hybridized carbons (Fsp3) is 0.571. The Hall–Kier alpha value is -1.64. The highest BCUT2D eigenvalue weighted by Crippen LogP contribution is 2.36. The first-order valence-corrected chi connectivity index (χ1v) is 12.0. The zero-order valence-corrected chi connectivity index (χ0v) is 18.4. The summed E-state index contributed by atoms with van der Waals surface area (Å²) in [6, 6.07) is 0. The van der Waals surface area contributed by atoms with Gasteiger partial charge in [-0.3, -0.25) is 14.2 Å². The van der Waals surface area contributed by atoms with Crippen LogP contribution >= 0.6 is 23.1 Å². The van der Waals surface area contributed by atoms with E-state index in [2.05, 4.69) is 18.8 Å². The van der Waals surface area contributed by atoms with Crippen LogP contribution in [-0.4, -0.2) is 40.5 Å². The second-order valence-electron chi connectivity index (χ2n) is 7.86. The number of thiophene rings is 1. The van der Waals surface area contributed by atoms with Crippen LogP contribution in [0.15, 0.2) is 22.6 Å². The van der Waals surface area contributed by atoms with E-state index in [1.807, 2.05) is 0 Å². The van der Waals surface area contributed by atoms with E-state index >= 15 is 0 Å². The SMILES string of the molecule is C=CCn1c(SCC(=O)NC[C@H]2CCCO2)nc2sc3c(c2c1=O)CC[C@@H](C)C3. The smallest absolute Gasteiger partial charge is 0.263 e. The van der Waals surface area contributed by atoms with Gasteiger partial charge in [-0.1, -0.05) is 24.8 Å². The molecule has 29 heavy (non-hydrogen) atoms. The molecule has 0 aromatic carbocycles. The number of carbonyl (C=O) groups is 1. The van der Waals surface area contributed by atoms with Crippen LogP contribution in [0.5, 0.6) is 0 Å². The predicted molar refractivity (Wildman–Crippen MR) is 118 cm³/mol. The highest BCUT2D eigenvalue weighted by atomic mass is 32.2. The Morgan fingerprint density at radius 1 is 1.48 bits per heavy atom. The molecule has 2 atom stereocenters. The number of hydrogen-bond acceptors (Lipinski definition) is 6. The maximum atomic E-state index is 13.2. The maximum absolute atomic E-state index is 13.2. The minimum absolute atomic E-state index is 0.00998. The molecular weight excluding hydrogens is 406 g/mol. The summed E-state index contributed by atoms with van der Waals surface area (Å²) >= 11 is 2.95. The van der Waals surface area contributed by atoms with Gasteiger partial charge in [0.2, 0.25) is 5.91 Å². The summed E-state index contributed by atoms with van der Waals surface area (Å²) in [4.78, 5) is 32.4. The van der Waals surface area contributed by atoms with Crippen molar-refractivity contribution in [3.63, 3.8) is 0 Å². The molecule has 1 aliphatic heterocycles. The molecule has 0 saturated carbocycles. The Morgan fingerprint density at radius 2 is 2.34 bits per heavy atom. The molecule has 2 aliphatic rings. The number of ether oxygens (including phenoxy) is 1. The van der Waals surface area contributed by atoms with Gasteiger partial charge < -0.3 is 10.1 Å². The van der Waals surface area contributed by atoms with Crippen LogP contribution < -0.4 is 10.9 Å². The number of fused-ring (bicyclic) bond motifs is 3. The van der Waals surface area contributed by atoms with E-state index in [-0.39, 0.29) is 23.3 Å². The quantitative estimate of drug-likeness (QED) is 0.413. The van der Waals surface area contributed by atoms with Crippen LogP contribution in [0.4, 0.5) is 0 Å². The van der Waals surface area contributed by atoms with Crippen molar-refractivity contribution in [2.45, 2.75) is 56.8 Å². The fourth-order valence-corrected chi connectivity index (χ4v) is 6.28. The third kappa shape index (κ3) is 4.44. The Balaban J connectivity index is 1.54. The molecule has 156 valence electrons. The summed E-state index contributed by atoms with van der Waals surface area (Å²) < 4.78 is 7.19. The van der Waals surface area contributed by atoms with Crippen LogP contribution in [0.3, 0.4) is 0 Å². The Labute approximate surface area is 178 Å². The van der Waals surface area contributed by atoms with Crippen molar-refractivity contribution in [2.75, 3.05) is 18.9 Å². The number of rotatable bonds is 7. The third-order valence-corrected chi connectivity index (χ3v) is 7.70. The second-order valence-corrected chi connectivity index (χ2v) is 9.88. The van der Waals surface area contributed by atoms with Gasteiger partial charge >= 0.3 is 0 Å². The van der Waals surface area contributed by atoms with Crippen LogP contribution in [0, 0.1) is 5.92 Å². The Bertz CT molecular complexity index is 976. The topological polar surface area (TPSA) is 73.2 Å². The van der Waals surface area contributed by atoms with E-state index in [4.69, 9.17) is 9.72 Å². The van der Waals surface area contributed by atoms with E-state index in [1.54, 1.807) is 22.0 Å². The van der Waals surface area contributed by atoms with Crippen molar-refractivity contribution in [3.8, 4) is 0 Å². The Kier molecular flexibility index (Phi) is 6.41. The summed E-state index contributed by atoms with van der Waals surface area (Å²) in [5, 5.41) is 4.28. The summed E-state index contributed by atoms with van der Waals surface area (Å²) in [6.07, 6.45) is 6.95. The van der Waals surface area contributed by atoms with Crippen LogP contribution in [0.1, 0.15) is 36.6 Å². The average molecular weight is 434 g/mol. The molecule has 3 heterocycles. The predicted octanol–water partition coefficient (Wildman–Crippen LogP) is 3.16. The number of thioether (sulfide) groups is 1. The Morgan fingerprint density at radius 3 is 3.10 bits per heavy atom. The lowest BCUT2D eigenvalue weighted by Crippen LogP contribution is -2.33. The molecule has 1 amide bonds. The van der Waals surface area contributed by atoms with E-state index in [0.717, 1.165) is 48.9 Å². The average Bonchev–Trinajstić information content (AvgIpc) is 3.34. The van der Waals surface area contributed by atoms with Crippen molar-refractivity contribution in [3.05, 3.63) is 33.4 Å². The summed E-state index contributed by atoms with van der Waals surface area (Å²) in [6.45, 7) is 7.75. The minimum Gasteiger partial charge on any atom is -0.376 e. The lowest BCUT2D eigenvalue weighted by molar-refractivity contribution is -0.119. The first kappa shape index (κ1) is 20.6. The minimum atomic E-state index is -0.0655. The largest absolute Gasteiger partial charge is 0.376 e. The number of allylic oxidation sites excluding steroid dienone is 1. The van der Waals surface area contributed by atoms with Gasteiger partial charge in [-0.2, -0.15) is 0 Å². The monoisotopic (exact) mass is 433 g/mol. The zero-order chi connectivity index (χ0) is 20.4. The molecule has 1 N–H and O–H groups in total. The van der Waals surface area contributed by atoms with Crippen molar-refractivity contribution < 1.29 is 9.53 Å². The summed E-state index contributed by atoms with van der Waals surface area (Å²) in [5.41, 5.74) is 1.17. The third-order valence-electron chi connectivity index (χ3n) is 5.58. The van der Waals surface area contributed by atoms with E-state index in [9.17, 15) is 9.59 Å². The molecule has 2 aromatic heterocycles. The number of aryl methyl sites for hydroxylation is 1. The zero-order valence-electron chi connectivity index (χ0n) is 16.7. The van der Waals surface area contributed by atoms with E-state index in [0.29, 0.717) is 24.2 Å². The van der Waals surface area contributed by atoms with Crippen LogP contribution in [0.2, 0.25) is 0 Å². The molecule has 0 radical (unpaired) electrons. The van der Waals surface area contributed by atoms with Gasteiger partial charge in [-0.05, 0) is 43.6 Å². The number of nitrogens with one attached hydrogen (secondary N) is 1. The van der Waals surface area contributed by atoms with Gasteiger partial charge in [0.1, 0.15) is 4.83 Å². The molecule has 1 aliphatic carbocycles. The molecular formula is C21H27N3O3S2. The molecule has 8 heteroatoms. The lowest BCUT2D eigenvalue weighted by Gasteiger charge is -2.17. The first-order valence-electron chi connectivity index (χ1n) is 10.2. The van der Waals surface area contributed by atoms with Crippen LogP contribution in [0.25, 0.3) is 10.2 Å². The lowest BCUT2D eigenvalue weighted by atomic mass is 9.89. The number of aromatic nitrogens is 2. The van der Waals surface area contributed by atoms with Crippen molar-refractivity contribution >= 4 is 39.2 Å². The molecule has 6 nitrogen and oxygen atoms in total. The molecule has 0 unspecified atom stereocenters. The van der Waals surface area contributed by atoms with E-state index in [1.165, 1.54) is 22.2 Å². The molecule has 0 spiro atoms. The molecule has 4 rings (SSSR count). The molecule has 1 fully saturated rings. The molecule has 1 saturated heterocycles. The molecule has 0 bridgehead atoms. The number of nitrogens with zero attached hydrogens (tertiary/aromatic N) is 2. The summed E-state index contributed by atoms with van der Waals surface area (Å²) in [5.74, 6) is 0.806. The normalized spacial score (nSPS) is 21.3. The van der Waals surface area contributed by atoms with Gasteiger partial charge in [-0.25, -0.2) is 4.98 Å². The van der Waals surface area contributed by atoms with E-state index < -0.39 is 0 Å². The molecule has 2 aromatic rings. The number of hydrogen-bond donors (Lipinski definition) is 1. The number of amides is 1. The van der Waals surface area contributed by atoms with Gasteiger partial charge in [-0.15, -0.1) is 17.9 Å². The second kappa shape index (κ2) is 9.02. The van der Waals surface area contributed by atoms with Crippen molar-refractivity contribution in [1.29, 1.82) is 0 Å². The standard InChI is InChI=1S/C21H27N3O3S2/c1-3-8-24-20(26)18-15-7-6-13(2)10-16(15)29-19(18)23-21(24)28-12-17(25)22-11-14-5-4-9-27-14/h3,13-14H,1,4-12H2,2H3,(H,22,25)/t13-,14-/m1/s1. The van der Waals surface area contributed by atoms with Gasteiger partial charge in [0.05, 0.1) is 17.2 Å². The van der Waals surface area contributed by atoms with Gasteiger partial charge in [0.15, 0.2) is 5.16 Å². The fourth-order valence-electron chi connectivity index (χ4n) is 4.02. The van der Waals surface area contributed by atoms with Crippen molar-refractivity contribution in [2.24, 2.45) is 5.92 Å². The summed E-state index contributed by atoms with van der Waals surface area (Å²) in [7, 11) is 0. The first-order chi connectivity index (χ1) is 14.1. The number of carbonyl (C=O) groups excluding carboxylic acids is 1. The van der Waals surface area contributed by atoms with Crippen LogP contribution in [-0.2, 0) is 28.9 Å². The van der Waals surface area contributed by atoms with Gasteiger partial charge in [0.25, 0.3) is 5.56 Å². The highest BCUT2D eigenvalue weighted by Gasteiger charge is 2.25. The highest BCUT2D eigenvalue weighted by molar-refractivity contribution is 7.99.